The minimum atomic E-state index is -4.21. The molecule has 0 unspecified atom stereocenters. The highest BCUT2D eigenvalue weighted by atomic mass is 32.2. The van der Waals surface area contributed by atoms with Crippen LogP contribution in [0.2, 0.25) is 0 Å². The molecule has 0 spiro atoms. The molecule has 0 aromatic heterocycles. The minimum absolute atomic E-state index is 0.00329. The number of rotatable bonds is 6. The van der Waals surface area contributed by atoms with E-state index in [1.54, 1.807) is 0 Å². The molecule has 0 aromatic rings. The van der Waals surface area contributed by atoms with Gasteiger partial charge >= 0.3 is 6.18 Å². The average Bonchev–Trinajstić information content (AvgIpc) is 2.34. The first-order valence-electron chi connectivity index (χ1n) is 6.52. The maximum atomic E-state index is 12.5. The summed E-state index contributed by atoms with van der Waals surface area (Å²) in [5.41, 5.74) is 0. The van der Waals surface area contributed by atoms with Gasteiger partial charge in [-0.1, -0.05) is 6.92 Å². The van der Waals surface area contributed by atoms with Gasteiger partial charge < -0.3 is 5.32 Å². The van der Waals surface area contributed by atoms with Gasteiger partial charge in [0.15, 0.2) is 0 Å². The maximum Gasteiger partial charge on any atom is 0.391 e. The molecule has 114 valence electrons. The Labute approximate surface area is 112 Å². The van der Waals surface area contributed by atoms with E-state index in [9.17, 15) is 21.6 Å². The van der Waals surface area contributed by atoms with Gasteiger partial charge in [0.1, 0.15) is 0 Å². The van der Waals surface area contributed by atoms with Crippen LogP contribution in [-0.2, 0) is 10.0 Å². The van der Waals surface area contributed by atoms with E-state index in [2.05, 4.69) is 5.32 Å². The second-order valence-corrected chi connectivity index (χ2v) is 6.83. The van der Waals surface area contributed by atoms with E-state index in [1.807, 2.05) is 6.92 Å². The van der Waals surface area contributed by atoms with Crippen molar-refractivity contribution in [2.75, 3.05) is 31.9 Å². The van der Waals surface area contributed by atoms with E-state index in [0.717, 1.165) is 6.54 Å². The van der Waals surface area contributed by atoms with Crippen molar-refractivity contribution in [1.82, 2.24) is 9.62 Å². The zero-order chi connectivity index (χ0) is 14.5. The Morgan fingerprint density at radius 2 is 1.84 bits per heavy atom. The van der Waals surface area contributed by atoms with Crippen LogP contribution >= 0.6 is 0 Å². The first kappa shape index (κ1) is 16.7. The number of nitrogens with zero attached hydrogens (tertiary/aromatic N) is 1. The van der Waals surface area contributed by atoms with E-state index in [1.165, 1.54) is 4.31 Å². The molecule has 1 heterocycles. The van der Waals surface area contributed by atoms with Crippen molar-refractivity contribution in [1.29, 1.82) is 0 Å². The summed E-state index contributed by atoms with van der Waals surface area (Å²) in [5.74, 6) is -1.36. The smallest absolute Gasteiger partial charge is 0.317 e. The summed E-state index contributed by atoms with van der Waals surface area (Å²) in [6, 6.07) is 0. The standard InChI is InChI=1S/C11H21F3N2O2S/c1-2-15-6-3-9-19(17,18)16-7-4-10(5-8-16)11(12,13)14/h10,15H,2-9H2,1H3. The molecule has 4 nitrogen and oxygen atoms in total. The predicted molar refractivity (Wildman–Crippen MR) is 67.3 cm³/mol. The number of sulfonamides is 1. The third kappa shape index (κ3) is 5.27. The second kappa shape index (κ2) is 6.90. The van der Waals surface area contributed by atoms with Crippen LogP contribution in [-0.4, -0.2) is 50.8 Å². The van der Waals surface area contributed by atoms with Crippen molar-refractivity contribution in [2.24, 2.45) is 5.92 Å². The fourth-order valence-corrected chi connectivity index (χ4v) is 3.68. The minimum Gasteiger partial charge on any atom is -0.317 e. The molecule has 0 radical (unpaired) electrons. The third-order valence-electron chi connectivity index (χ3n) is 3.32. The lowest BCUT2D eigenvalue weighted by Crippen LogP contribution is -2.43. The number of piperidine rings is 1. The lowest BCUT2D eigenvalue weighted by Gasteiger charge is -2.32. The summed E-state index contributed by atoms with van der Waals surface area (Å²) in [4.78, 5) is 0. The Hall–Kier alpha value is -0.340. The van der Waals surface area contributed by atoms with Crippen LogP contribution in [0, 0.1) is 5.92 Å². The Balaban J connectivity index is 2.41. The van der Waals surface area contributed by atoms with Gasteiger partial charge in [-0.2, -0.15) is 13.2 Å². The molecule has 8 heteroatoms. The van der Waals surface area contributed by atoms with Gasteiger partial charge in [0, 0.05) is 13.1 Å². The summed E-state index contributed by atoms with van der Waals surface area (Å²) < 4.78 is 62.5. The van der Waals surface area contributed by atoms with Gasteiger partial charge in [-0.15, -0.1) is 0 Å². The molecule has 0 saturated carbocycles. The zero-order valence-corrected chi connectivity index (χ0v) is 11.9. The Kier molecular flexibility index (Phi) is 6.07. The van der Waals surface area contributed by atoms with Crippen molar-refractivity contribution in [3.8, 4) is 0 Å². The molecule has 0 aliphatic carbocycles. The van der Waals surface area contributed by atoms with E-state index >= 15 is 0 Å². The molecular weight excluding hydrogens is 281 g/mol. The van der Waals surface area contributed by atoms with Crippen molar-refractivity contribution in [3.05, 3.63) is 0 Å². The van der Waals surface area contributed by atoms with Crippen LogP contribution < -0.4 is 5.32 Å². The number of alkyl halides is 3. The number of halogens is 3. The van der Waals surface area contributed by atoms with Gasteiger partial charge in [0.05, 0.1) is 11.7 Å². The summed E-state index contributed by atoms with van der Waals surface area (Å²) in [6.45, 7) is 3.27. The Morgan fingerprint density at radius 3 is 2.32 bits per heavy atom. The first-order chi connectivity index (χ1) is 8.77. The first-order valence-corrected chi connectivity index (χ1v) is 8.13. The van der Waals surface area contributed by atoms with Crippen LogP contribution in [0.3, 0.4) is 0 Å². The quantitative estimate of drug-likeness (QED) is 0.758. The number of hydrogen-bond acceptors (Lipinski definition) is 3. The molecule has 1 N–H and O–H groups in total. The highest BCUT2D eigenvalue weighted by Crippen LogP contribution is 2.34. The lowest BCUT2D eigenvalue weighted by molar-refractivity contribution is -0.182. The van der Waals surface area contributed by atoms with Crippen LogP contribution in [0.1, 0.15) is 26.2 Å². The molecule has 0 amide bonds. The van der Waals surface area contributed by atoms with Crippen LogP contribution in [0.25, 0.3) is 0 Å². The van der Waals surface area contributed by atoms with Crippen LogP contribution in [0.5, 0.6) is 0 Å². The molecule has 0 bridgehead atoms. The lowest BCUT2D eigenvalue weighted by atomic mass is 9.98. The average molecular weight is 302 g/mol. The number of nitrogens with one attached hydrogen (secondary N) is 1. The molecular formula is C11H21F3N2O2S. The highest BCUT2D eigenvalue weighted by Gasteiger charge is 2.42. The maximum absolute atomic E-state index is 12.5. The largest absolute Gasteiger partial charge is 0.391 e. The fraction of sp³-hybridized carbons (Fsp3) is 1.00. The molecule has 1 aliphatic heterocycles. The van der Waals surface area contributed by atoms with Gasteiger partial charge in [0.2, 0.25) is 10.0 Å². The summed E-state index contributed by atoms with van der Waals surface area (Å²) in [6.07, 6.45) is -3.98. The highest BCUT2D eigenvalue weighted by molar-refractivity contribution is 7.89. The summed E-state index contributed by atoms with van der Waals surface area (Å²) in [5, 5.41) is 3.02. The van der Waals surface area contributed by atoms with Crippen LogP contribution in [0.15, 0.2) is 0 Å². The van der Waals surface area contributed by atoms with Crippen molar-refractivity contribution < 1.29 is 21.6 Å². The van der Waals surface area contributed by atoms with Crippen molar-refractivity contribution in [3.63, 3.8) is 0 Å². The Morgan fingerprint density at radius 1 is 1.26 bits per heavy atom. The van der Waals surface area contributed by atoms with Crippen LogP contribution in [0.4, 0.5) is 13.2 Å². The monoisotopic (exact) mass is 302 g/mol. The molecule has 0 atom stereocenters. The van der Waals surface area contributed by atoms with Gasteiger partial charge in [-0.3, -0.25) is 0 Å². The van der Waals surface area contributed by atoms with Crippen molar-refractivity contribution in [2.45, 2.75) is 32.4 Å². The topological polar surface area (TPSA) is 49.4 Å². The van der Waals surface area contributed by atoms with Gasteiger partial charge in [0.25, 0.3) is 0 Å². The van der Waals surface area contributed by atoms with Crippen molar-refractivity contribution >= 4 is 10.0 Å². The van der Waals surface area contributed by atoms with Gasteiger partial charge in [-0.25, -0.2) is 12.7 Å². The molecule has 1 aliphatic rings. The summed E-state index contributed by atoms with van der Waals surface area (Å²) in [7, 11) is -3.41. The SMILES string of the molecule is CCNCCCS(=O)(=O)N1CCC(C(F)(F)F)CC1. The molecule has 1 rings (SSSR count). The third-order valence-corrected chi connectivity index (χ3v) is 5.27. The van der Waals surface area contributed by atoms with E-state index in [0.29, 0.717) is 13.0 Å². The molecule has 19 heavy (non-hydrogen) atoms. The predicted octanol–water partition coefficient (Wildman–Crippen LogP) is 1.59. The fourth-order valence-electron chi connectivity index (χ4n) is 2.15. The van der Waals surface area contributed by atoms with Gasteiger partial charge in [-0.05, 0) is 32.4 Å². The second-order valence-electron chi connectivity index (χ2n) is 4.74. The normalized spacial score (nSPS) is 19.8. The Bertz CT molecular complexity index is 363. The van der Waals surface area contributed by atoms with E-state index in [-0.39, 0.29) is 31.7 Å². The van der Waals surface area contributed by atoms with E-state index < -0.39 is 22.1 Å². The zero-order valence-electron chi connectivity index (χ0n) is 11.0. The molecule has 1 fully saturated rings. The molecule has 1 saturated heterocycles. The van der Waals surface area contributed by atoms with E-state index in [4.69, 9.17) is 0 Å². The number of hydrogen-bond donors (Lipinski definition) is 1. The summed E-state index contributed by atoms with van der Waals surface area (Å²) >= 11 is 0. The molecule has 0 aromatic carbocycles.